The first-order valence-electron chi connectivity index (χ1n) is 8.56. The van der Waals surface area contributed by atoms with Crippen LogP contribution in [0.5, 0.6) is 0 Å². The van der Waals surface area contributed by atoms with Crippen molar-refractivity contribution in [3.8, 4) is 0 Å². The lowest BCUT2D eigenvalue weighted by Crippen LogP contribution is -2.37. The number of amides is 1. The maximum atomic E-state index is 12.3. The second-order valence-electron chi connectivity index (χ2n) is 6.45. The maximum Gasteiger partial charge on any atom is 0.317 e. The van der Waals surface area contributed by atoms with E-state index >= 15 is 0 Å². The fourth-order valence-corrected chi connectivity index (χ4v) is 3.64. The van der Waals surface area contributed by atoms with Gasteiger partial charge in [0.2, 0.25) is 5.91 Å². The summed E-state index contributed by atoms with van der Waals surface area (Å²) in [7, 11) is 1.86. The van der Waals surface area contributed by atoms with Crippen molar-refractivity contribution in [2.24, 2.45) is 0 Å². The standard InChI is InChI=1S/C18H27N3O3S.ClH/c1-20(13-18(23)24)15-6-4-9-21(10-8-15)12-17(22)19-14-5-3-7-16(11-14)25-2;/h3,5,7,11,15H,4,6,8-10,12-13H2,1-2H3,(H,19,22)(H,23,24);1H. The molecule has 1 unspecified atom stereocenters. The minimum atomic E-state index is -0.796. The van der Waals surface area contributed by atoms with Crippen LogP contribution in [-0.4, -0.2) is 72.3 Å². The minimum Gasteiger partial charge on any atom is -0.480 e. The Labute approximate surface area is 165 Å². The molecular formula is C18H28ClN3O3S. The summed E-state index contributed by atoms with van der Waals surface area (Å²) in [5, 5.41) is 11.9. The van der Waals surface area contributed by atoms with Gasteiger partial charge in [-0.15, -0.1) is 24.2 Å². The number of halogens is 1. The lowest BCUT2D eigenvalue weighted by molar-refractivity contribution is -0.138. The summed E-state index contributed by atoms with van der Waals surface area (Å²) in [6.07, 6.45) is 4.84. The van der Waals surface area contributed by atoms with Crippen molar-refractivity contribution < 1.29 is 14.7 Å². The Hall–Kier alpha value is -1.28. The molecule has 1 aromatic rings. The van der Waals surface area contributed by atoms with Crippen LogP contribution in [0.3, 0.4) is 0 Å². The summed E-state index contributed by atoms with van der Waals surface area (Å²) in [5.74, 6) is -0.800. The van der Waals surface area contributed by atoms with E-state index in [-0.39, 0.29) is 30.9 Å². The molecule has 1 aromatic carbocycles. The van der Waals surface area contributed by atoms with Gasteiger partial charge in [-0.3, -0.25) is 19.4 Å². The summed E-state index contributed by atoms with van der Waals surface area (Å²) in [4.78, 5) is 28.3. The number of likely N-dealkylation sites (N-methyl/N-ethyl adjacent to an activating group) is 1. The van der Waals surface area contributed by atoms with Crippen molar-refractivity contribution in [3.05, 3.63) is 24.3 Å². The van der Waals surface area contributed by atoms with E-state index in [2.05, 4.69) is 10.2 Å². The quantitative estimate of drug-likeness (QED) is 0.684. The monoisotopic (exact) mass is 401 g/mol. The molecule has 1 heterocycles. The first-order valence-corrected chi connectivity index (χ1v) is 9.78. The van der Waals surface area contributed by atoms with E-state index in [9.17, 15) is 9.59 Å². The van der Waals surface area contributed by atoms with Crippen molar-refractivity contribution in [3.63, 3.8) is 0 Å². The molecule has 1 atom stereocenters. The summed E-state index contributed by atoms with van der Waals surface area (Å²) in [5.41, 5.74) is 0.825. The molecule has 1 amide bonds. The van der Waals surface area contributed by atoms with Crippen molar-refractivity contribution in [1.29, 1.82) is 0 Å². The first-order chi connectivity index (χ1) is 12.0. The summed E-state index contributed by atoms with van der Waals surface area (Å²) >= 11 is 1.65. The van der Waals surface area contributed by atoms with Crippen LogP contribution in [0.4, 0.5) is 5.69 Å². The molecule has 0 aromatic heterocycles. The van der Waals surface area contributed by atoms with Crippen LogP contribution in [0, 0.1) is 0 Å². The average molecular weight is 402 g/mol. The fraction of sp³-hybridized carbons (Fsp3) is 0.556. The van der Waals surface area contributed by atoms with Gasteiger partial charge in [-0.1, -0.05) is 6.07 Å². The third kappa shape index (κ3) is 7.53. The molecule has 1 saturated heterocycles. The van der Waals surface area contributed by atoms with Crippen LogP contribution in [-0.2, 0) is 9.59 Å². The van der Waals surface area contributed by atoms with Gasteiger partial charge in [-0.2, -0.15) is 0 Å². The van der Waals surface area contributed by atoms with Crippen LogP contribution >= 0.6 is 24.2 Å². The number of thioether (sulfide) groups is 1. The van der Waals surface area contributed by atoms with Gasteiger partial charge in [0.05, 0.1) is 13.1 Å². The van der Waals surface area contributed by atoms with Gasteiger partial charge in [0, 0.05) is 23.2 Å². The Morgan fingerprint density at radius 2 is 2.12 bits per heavy atom. The van der Waals surface area contributed by atoms with Gasteiger partial charge in [-0.05, 0) is 57.3 Å². The van der Waals surface area contributed by atoms with E-state index in [1.54, 1.807) is 11.8 Å². The molecule has 0 radical (unpaired) electrons. The number of benzene rings is 1. The molecule has 2 rings (SSSR count). The third-order valence-electron chi connectivity index (χ3n) is 4.52. The molecule has 2 N–H and O–H groups in total. The molecule has 26 heavy (non-hydrogen) atoms. The Balaban J connectivity index is 0.00000338. The van der Waals surface area contributed by atoms with Crippen molar-refractivity contribution in [1.82, 2.24) is 9.80 Å². The van der Waals surface area contributed by atoms with Gasteiger partial charge in [0.15, 0.2) is 0 Å². The number of hydrogen-bond donors (Lipinski definition) is 2. The Morgan fingerprint density at radius 1 is 1.35 bits per heavy atom. The normalized spacial score (nSPS) is 18.0. The number of anilines is 1. The number of hydrogen-bond acceptors (Lipinski definition) is 5. The molecule has 0 bridgehead atoms. The number of carboxylic acid groups (broad SMARTS) is 1. The van der Waals surface area contributed by atoms with E-state index in [1.807, 2.05) is 42.5 Å². The first kappa shape index (κ1) is 22.8. The average Bonchev–Trinajstić information content (AvgIpc) is 2.80. The zero-order valence-electron chi connectivity index (χ0n) is 15.3. The van der Waals surface area contributed by atoms with Crippen LogP contribution in [0.15, 0.2) is 29.2 Å². The van der Waals surface area contributed by atoms with Gasteiger partial charge in [0.25, 0.3) is 0 Å². The molecule has 6 nitrogen and oxygen atoms in total. The van der Waals surface area contributed by atoms with E-state index in [0.717, 1.165) is 42.9 Å². The van der Waals surface area contributed by atoms with Crippen LogP contribution in [0.1, 0.15) is 19.3 Å². The van der Waals surface area contributed by atoms with Crippen molar-refractivity contribution in [2.45, 2.75) is 30.2 Å². The summed E-state index contributed by atoms with van der Waals surface area (Å²) in [6.45, 7) is 2.12. The lowest BCUT2D eigenvalue weighted by Gasteiger charge is -2.25. The highest BCUT2D eigenvalue weighted by atomic mass is 35.5. The molecule has 146 valence electrons. The van der Waals surface area contributed by atoms with Crippen LogP contribution in [0.2, 0.25) is 0 Å². The van der Waals surface area contributed by atoms with Crippen molar-refractivity contribution in [2.75, 3.05) is 44.8 Å². The molecular weight excluding hydrogens is 374 g/mol. The lowest BCUT2D eigenvalue weighted by atomic mass is 10.1. The number of aliphatic carboxylic acids is 1. The molecule has 0 saturated carbocycles. The highest BCUT2D eigenvalue weighted by Gasteiger charge is 2.22. The zero-order chi connectivity index (χ0) is 18.2. The Morgan fingerprint density at radius 3 is 2.81 bits per heavy atom. The maximum absolute atomic E-state index is 12.3. The smallest absolute Gasteiger partial charge is 0.317 e. The van der Waals surface area contributed by atoms with Gasteiger partial charge in [0.1, 0.15) is 0 Å². The molecule has 0 spiro atoms. The summed E-state index contributed by atoms with van der Waals surface area (Å²) < 4.78 is 0. The zero-order valence-corrected chi connectivity index (χ0v) is 16.9. The number of carboxylic acids is 1. The third-order valence-corrected chi connectivity index (χ3v) is 5.24. The molecule has 1 aliphatic heterocycles. The van der Waals surface area contributed by atoms with Gasteiger partial charge >= 0.3 is 5.97 Å². The predicted molar refractivity (Wildman–Crippen MR) is 108 cm³/mol. The van der Waals surface area contributed by atoms with E-state index in [1.165, 1.54) is 0 Å². The number of rotatable bonds is 7. The van der Waals surface area contributed by atoms with E-state index in [4.69, 9.17) is 5.11 Å². The Kier molecular flexibility index (Phi) is 10.0. The second-order valence-corrected chi connectivity index (χ2v) is 7.33. The van der Waals surface area contributed by atoms with E-state index < -0.39 is 5.97 Å². The van der Waals surface area contributed by atoms with E-state index in [0.29, 0.717) is 6.54 Å². The summed E-state index contributed by atoms with van der Waals surface area (Å²) in [6, 6.07) is 8.10. The Bertz CT molecular complexity index is 603. The van der Waals surface area contributed by atoms with Gasteiger partial charge < -0.3 is 10.4 Å². The predicted octanol–water partition coefficient (Wildman–Crippen LogP) is 2.64. The molecule has 1 fully saturated rings. The highest BCUT2D eigenvalue weighted by molar-refractivity contribution is 7.98. The number of carbonyl (C=O) groups excluding carboxylic acids is 1. The molecule has 8 heteroatoms. The molecule has 1 aliphatic rings. The van der Waals surface area contributed by atoms with Crippen molar-refractivity contribution >= 4 is 41.7 Å². The second kappa shape index (κ2) is 11.4. The van der Waals surface area contributed by atoms with Crippen LogP contribution < -0.4 is 5.32 Å². The SMILES string of the molecule is CSc1cccc(NC(=O)CN2CCCC(N(C)CC(=O)O)CC2)c1.Cl. The molecule has 0 aliphatic carbocycles. The topological polar surface area (TPSA) is 72.9 Å². The van der Waals surface area contributed by atoms with Gasteiger partial charge in [-0.25, -0.2) is 0 Å². The largest absolute Gasteiger partial charge is 0.480 e. The number of nitrogens with zero attached hydrogens (tertiary/aromatic N) is 2. The number of carbonyl (C=O) groups is 2. The fourth-order valence-electron chi connectivity index (χ4n) is 3.18. The number of nitrogens with one attached hydrogen (secondary N) is 1. The minimum absolute atomic E-state index is 0. The number of likely N-dealkylation sites (tertiary alicyclic amines) is 1. The van der Waals surface area contributed by atoms with Crippen LogP contribution in [0.25, 0.3) is 0 Å². The highest BCUT2D eigenvalue weighted by Crippen LogP contribution is 2.19.